The van der Waals surface area contributed by atoms with Gasteiger partial charge in [0.2, 0.25) is 0 Å². The van der Waals surface area contributed by atoms with E-state index in [1.807, 2.05) is 24.3 Å². The molecular weight excluding hydrogens is 272 g/mol. The third kappa shape index (κ3) is 4.26. The average molecular weight is 291 g/mol. The number of nitrogens with one attached hydrogen (secondary N) is 1. The fraction of sp³-hybridized carbons (Fsp3) is 0.294. The fourth-order valence-corrected chi connectivity index (χ4v) is 2.09. The van der Waals surface area contributed by atoms with Crippen LogP contribution in [0.1, 0.15) is 31.0 Å². The van der Waals surface area contributed by atoms with Gasteiger partial charge in [0.05, 0.1) is 0 Å². The first kappa shape index (κ1) is 15.4. The molecule has 0 heterocycles. The van der Waals surface area contributed by atoms with Crippen molar-refractivity contribution in [3.63, 3.8) is 0 Å². The predicted molar refractivity (Wildman–Crippen MR) is 79.2 cm³/mol. The van der Waals surface area contributed by atoms with E-state index < -0.39 is 11.6 Å². The van der Waals surface area contributed by atoms with E-state index in [2.05, 4.69) is 19.2 Å². The molecule has 0 fully saturated rings. The molecule has 0 bridgehead atoms. The third-order valence-corrected chi connectivity index (χ3v) is 3.29. The second kappa shape index (κ2) is 7.18. The van der Waals surface area contributed by atoms with Gasteiger partial charge < -0.3 is 10.1 Å². The topological polar surface area (TPSA) is 21.3 Å². The van der Waals surface area contributed by atoms with E-state index in [0.717, 1.165) is 30.3 Å². The summed E-state index contributed by atoms with van der Waals surface area (Å²) in [6.45, 7) is 5.05. The standard InChI is InChI=1S/C17H19F2NO/c1-3-20-12(2)13-4-7-16(8-5-13)21-11-14-10-15(18)6-9-17(14)19/h4-10,12,20H,3,11H2,1-2H3. The van der Waals surface area contributed by atoms with Crippen LogP contribution in [0.4, 0.5) is 8.78 Å². The van der Waals surface area contributed by atoms with Crippen LogP contribution >= 0.6 is 0 Å². The van der Waals surface area contributed by atoms with Crippen molar-refractivity contribution in [2.75, 3.05) is 6.54 Å². The van der Waals surface area contributed by atoms with E-state index in [1.54, 1.807) is 0 Å². The van der Waals surface area contributed by atoms with Crippen LogP contribution in [-0.2, 0) is 6.61 Å². The van der Waals surface area contributed by atoms with Crippen LogP contribution in [0, 0.1) is 11.6 Å². The molecule has 0 aliphatic heterocycles. The largest absolute Gasteiger partial charge is 0.489 e. The number of hydrogen-bond acceptors (Lipinski definition) is 2. The number of halogens is 2. The quantitative estimate of drug-likeness (QED) is 0.860. The summed E-state index contributed by atoms with van der Waals surface area (Å²) in [4.78, 5) is 0. The lowest BCUT2D eigenvalue weighted by Crippen LogP contribution is -2.17. The van der Waals surface area contributed by atoms with Crippen LogP contribution in [0.5, 0.6) is 5.75 Å². The zero-order chi connectivity index (χ0) is 15.2. The number of hydrogen-bond donors (Lipinski definition) is 1. The molecule has 0 aliphatic carbocycles. The van der Waals surface area contributed by atoms with Crippen molar-refractivity contribution in [2.45, 2.75) is 26.5 Å². The minimum atomic E-state index is -0.468. The van der Waals surface area contributed by atoms with Gasteiger partial charge in [-0.1, -0.05) is 19.1 Å². The molecule has 21 heavy (non-hydrogen) atoms. The van der Waals surface area contributed by atoms with Gasteiger partial charge in [0, 0.05) is 11.6 Å². The summed E-state index contributed by atoms with van der Waals surface area (Å²) in [5.74, 6) is -0.301. The fourth-order valence-electron chi connectivity index (χ4n) is 2.09. The van der Waals surface area contributed by atoms with E-state index in [1.165, 1.54) is 0 Å². The maximum absolute atomic E-state index is 13.5. The second-order valence-electron chi connectivity index (χ2n) is 4.87. The van der Waals surface area contributed by atoms with E-state index in [9.17, 15) is 8.78 Å². The molecule has 2 aromatic carbocycles. The van der Waals surface area contributed by atoms with Crippen molar-refractivity contribution in [1.82, 2.24) is 5.32 Å². The van der Waals surface area contributed by atoms with E-state index >= 15 is 0 Å². The highest BCUT2D eigenvalue weighted by Crippen LogP contribution is 2.19. The first-order chi connectivity index (χ1) is 10.1. The molecule has 0 aromatic heterocycles. The van der Waals surface area contributed by atoms with Gasteiger partial charge in [-0.05, 0) is 49.4 Å². The Kier molecular flexibility index (Phi) is 5.28. The van der Waals surface area contributed by atoms with Gasteiger partial charge in [0.1, 0.15) is 24.0 Å². The second-order valence-corrected chi connectivity index (χ2v) is 4.87. The minimum Gasteiger partial charge on any atom is -0.489 e. The molecule has 1 unspecified atom stereocenters. The maximum Gasteiger partial charge on any atom is 0.130 e. The smallest absolute Gasteiger partial charge is 0.130 e. The molecule has 0 radical (unpaired) electrons. The summed E-state index contributed by atoms with van der Waals surface area (Å²) >= 11 is 0. The Morgan fingerprint density at radius 3 is 2.48 bits per heavy atom. The van der Waals surface area contributed by atoms with Crippen LogP contribution in [-0.4, -0.2) is 6.54 Å². The number of benzene rings is 2. The van der Waals surface area contributed by atoms with Crippen molar-refractivity contribution in [2.24, 2.45) is 0 Å². The summed E-state index contributed by atoms with van der Waals surface area (Å²) in [7, 11) is 0. The first-order valence-electron chi connectivity index (χ1n) is 7.00. The van der Waals surface area contributed by atoms with Crippen LogP contribution in [0.25, 0.3) is 0 Å². The van der Waals surface area contributed by atoms with Gasteiger partial charge in [-0.25, -0.2) is 8.78 Å². The zero-order valence-electron chi connectivity index (χ0n) is 12.2. The van der Waals surface area contributed by atoms with Gasteiger partial charge >= 0.3 is 0 Å². The Morgan fingerprint density at radius 2 is 1.81 bits per heavy atom. The molecule has 0 saturated carbocycles. The highest BCUT2D eigenvalue weighted by molar-refractivity contribution is 5.29. The Bertz CT molecular complexity index is 584. The van der Waals surface area contributed by atoms with E-state index in [0.29, 0.717) is 5.75 Å². The van der Waals surface area contributed by atoms with Crippen LogP contribution in [0.15, 0.2) is 42.5 Å². The molecule has 1 atom stereocenters. The molecule has 2 nitrogen and oxygen atoms in total. The van der Waals surface area contributed by atoms with Gasteiger partial charge in [-0.2, -0.15) is 0 Å². The number of ether oxygens (including phenoxy) is 1. The third-order valence-electron chi connectivity index (χ3n) is 3.29. The Morgan fingerprint density at radius 1 is 1.10 bits per heavy atom. The first-order valence-corrected chi connectivity index (χ1v) is 7.00. The molecule has 112 valence electrons. The molecule has 0 aliphatic rings. The van der Waals surface area contributed by atoms with Crippen molar-refractivity contribution >= 4 is 0 Å². The van der Waals surface area contributed by atoms with E-state index in [4.69, 9.17) is 4.74 Å². The summed E-state index contributed by atoms with van der Waals surface area (Å²) in [6, 6.07) is 11.2. The molecule has 1 N–H and O–H groups in total. The lowest BCUT2D eigenvalue weighted by Gasteiger charge is -2.13. The summed E-state index contributed by atoms with van der Waals surface area (Å²) < 4.78 is 32.0. The van der Waals surface area contributed by atoms with Crippen LogP contribution in [0.3, 0.4) is 0 Å². The molecule has 4 heteroatoms. The SMILES string of the molecule is CCNC(C)c1ccc(OCc2cc(F)ccc2F)cc1. The van der Waals surface area contributed by atoms with Crippen molar-refractivity contribution < 1.29 is 13.5 Å². The van der Waals surface area contributed by atoms with Crippen molar-refractivity contribution in [3.8, 4) is 5.75 Å². The molecular formula is C17H19F2NO. The van der Waals surface area contributed by atoms with Gasteiger partial charge in [-0.15, -0.1) is 0 Å². The molecule has 2 aromatic rings. The van der Waals surface area contributed by atoms with Crippen molar-refractivity contribution in [3.05, 3.63) is 65.2 Å². The Balaban J connectivity index is 1.99. The summed E-state index contributed by atoms with van der Waals surface area (Å²) in [6.07, 6.45) is 0. The predicted octanol–water partition coefficient (Wildman–Crippen LogP) is 4.21. The van der Waals surface area contributed by atoms with Crippen molar-refractivity contribution in [1.29, 1.82) is 0 Å². The van der Waals surface area contributed by atoms with Gasteiger partial charge in [0.25, 0.3) is 0 Å². The molecule has 0 spiro atoms. The Labute approximate surface area is 123 Å². The normalized spacial score (nSPS) is 12.2. The Hall–Kier alpha value is -1.94. The highest BCUT2D eigenvalue weighted by Gasteiger charge is 2.06. The van der Waals surface area contributed by atoms with E-state index in [-0.39, 0.29) is 18.2 Å². The number of rotatable bonds is 6. The summed E-state index contributed by atoms with van der Waals surface area (Å²) in [5.41, 5.74) is 1.36. The summed E-state index contributed by atoms with van der Waals surface area (Å²) in [5, 5.41) is 3.32. The van der Waals surface area contributed by atoms with Crippen LogP contribution in [0.2, 0.25) is 0 Å². The van der Waals surface area contributed by atoms with Gasteiger partial charge in [-0.3, -0.25) is 0 Å². The molecule has 0 saturated heterocycles. The van der Waals surface area contributed by atoms with Gasteiger partial charge in [0.15, 0.2) is 0 Å². The monoisotopic (exact) mass is 291 g/mol. The zero-order valence-corrected chi connectivity index (χ0v) is 12.2. The average Bonchev–Trinajstić information content (AvgIpc) is 2.49. The molecule has 2 rings (SSSR count). The van der Waals surface area contributed by atoms with Crippen LogP contribution < -0.4 is 10.1 Å². The lowest BCUT2D eigenvalue weighted by molar-refractivity contribution is 0.299. The maximum atomic E-state index is 13.5. The lowest BCUT2D eigenvalue weighted by atomic mass is 10.1. The molecule has 0 amide bonds. The minimum absolute atomic E-state index is 0.00566. The highest BCUT2D eigenvalue weighted by atomic mass is 19.1.